The van der Waals surface area contributed by atoms with E-state index in [0.717, 1.165) is 83.5 Å². The molecule has 0 aromatic carbocycles. The van der Waals surface area contributed by atoms with Gasteiger partial charge in [0.25, 0.3) is 0 Å². The number of allylic oxidation sites excluding steroid dienone is 12. The summed E-state index contributed by atoms with van der Waals surface area (Å²) in [5, 5.41) is 0. The summed E-state index contributed by atoms with van der Waals surface area (Å²) in [5.74, 6) is -0.914. The molecule has 0 aliphatic heterocycles. The number of carbonyl (C=O) groups excluding carboxylic acids is 3. The van der Waals surface area contributed by atoms with E-state index in [1.807, 2.05) is 0 Å². The van der Waals surface area contributed by atoms with Crippen LogP contribution in [0.3, 0.4) is 0 Å². The second-order valence-corrected chi connectivity index (χ2v) is 23.1. The Labute approximate surface area is 491 Å². The van der Waals surface area contributed by atoms with E-state index >= 15 is 0 Å². The van der Waals surface area contributed by atoms with E-state index in [9.17, 15) is 14.4 Å². The highest BCUT2D eigenvalue weighted by Gasteiger charge is 2.19. The normalized spacial score (nSPS) is 12.5. The van der Waals surface area contributed by atoms with Crippen LogP contribution in [-0.4, -0.2) is 37.2 Å². The van der Waals surface area contributed by atoms with E-state index in [1.165, 1.54) is 225 Å². The van der Waals surface area contributed by atoms with E-state index in [1.54, 1.807) is 0 Å². The van der Waals surface area contributed by atoms with Crippen LogP contribution in [0.4, 0.5) is 0 Å². The smallest absolute Gasteiger partial charge is 0.306 e. The number of hydrogen-bond acceptors (Lipinski definition) is 6. The molecule has 0 aliphatic carbocycles. The number of carbonyl (C=O) groups is 3. The molecule has 0 radical (unpaired) electrons. The molecule has 1 atom stereocenters. The SMILES string of the molecule is CC/C=C\C/C=C\C/C=C\C/C=C\CCCCC(=O)OC(COC(=O)CCCCCCCCCCCCC)COC(=O)CCCCCCCCCCCCCCCCCCCCCCCCC/C=C\C/C=C\CCCCCCC. The summed E-state index contributed by atoms with van der Waals surface area (Å²) < 4.78 is 16.9. The van der Waals surface area contributed by atoms with Gasteiger partial charge in [-0.05, 0) is 89.9 Å². The summed E-state index contributed by atoms with van der Waals surface area (Å²) in [7, 11) is 0. The van der Waals surface area contributed by atoms with Gasteiger partial charge in [0.15, 0.2) is 6.10 Å². The van der Waals surface area contributed by atoms with Crippen LogP contribution in [0.25, 0.3) is 0 Å². The maximum absolute atomic E-state index is 12.9. The Morgan fingerprint density at radius 1 is 0.266 bits per heavy atom. The highest BCUT2D eigenvalue weighted by Crippen LogP contribution is 2.18. The Balaban J connectivity index is 4.05. The lowest BCUT2D eigenvalue weighted by molar-refractivity contribution is -0.167. The molecular weight excluding hydrogens is 973 g/mol. The second-order valence-electron chi connectivity index (χ2n) is 23.1. The molecule has 458 valence electrons. The molecule has 0 amide bonds. The quantitative estimate of drug-likeness (QED) is 0.0261. The van der Waals surface area contributed by atoms with Crippen LogP contribution in [0.15, 0.2) is 72.9 Å². The average Bonchev–Trinajstić information content (AvgIpc) is 3.45. The third-order valence-corrected chi connectivity index (χ3v) is 15.2. The molecule has 1 unspecified atom stereocenters. The fraction of sp³-hybridized carbons (Fsp3) is 0.795. The van der Waals surface area contributed by atoms with Crippen LogP contribution in [0, 0.1) is 0 Å². The van der Waals surface area contributed by atoms with Gasteiger partial charge in [0.05, 0.1) is 0 Å². The van der Waals surface area contributed by atoms with Gasteiger partial charge >= 0.3 is 17.9 Å². The van der Waals surface area contributed by atoms with Gasteiger partial charge in [0.2, 0.25) is 0 Å². The lowest BCUT2D eigenvalue weighted by Crippen LogP contribution is -2.30. The van der Waals surface area contributed by atoms with Crippen molar-refractivity contribution in [1.82, 2.24) is 0 Å². The van der Waals surface area contributed by atoms with Crippen molar-refractivity contribution in [2.24, 2.45) is 0 Å². The summed E-state index contributed by atoms with van der Waals surface area (Å²) >= 11 is 0. The van der Waals surface area contributed by atoms with Gasteiger partial charge in [-0.1, -0.05) is 318 Å². The van der Waals surface area contributed by atoms with Gasteiger partial charge in [-0.25, -0.2) is 0 Å². The van der Waals surface area contributed by atoms with Crippen molar-refractivity contribution in [3.8, 4) is 0 Å². The number of hydrogen-bond donors (Lipinski definition) is 0. The first-order chi connectivity index (χ1) is 39.0. The van der Waals surface area contributed by atoms with Crippen molar-refractivity contribution >= 4 is 17.9 Å². The molecule has 0 aromatic heterocycles. The molecule has 0 N–H and O–H groups in total. The van der Waals surface area contributed by atoms with Crippen LogP contribution < -0.4 is 0 Å². The highest BCUT2D eigenvalue weighted by molar-refractivity contribution is 5.71. The Morgan fingerprint density at radius 2 is 0.494 bits per heavy atom. The van der Waals surface area contributed by atoms with Crippen LogP contribution >= 0.6 is 0 Å². The Hall–Kier alpha value is -3.15. The zero-order valence-electron chi connectivity index (χ0n) is 52.6. The van der Waals surface area contributed by atoms with E-state index in [4.69, 9.17) is 14.2 Å². The van der Waals surface area contributed by atoms with Gasteiger partial charge in [-0.3, -0.25) is 14.4 Å². The van der Waals surface area contributed by atoms with Crippen molar-refractivity contribution in [3.63, 3.8) is 0 Å². The molecule has 6 nitrogen and oxygen atoms in total. The van der Waals surface area contributed by atoms with Crippen molar-refractivity contribution < 1.29 is 28.6 Å². The minimum atomic E-state index is -0.794. The Morgan fingerprint density at radius 3 is 0.797 bits per heavy atom. The molecule has 0 spiro atoms. The topological polar surface area (TPSA) is 78.9 Å². The largest absolute Gasteiger partial charge is 0.462 e. The summed E-state index contributed by atoms with van der Waals surface area (Å²) in [4.78, 5) is 38.2. The minimum absolute atomic E-state index is 0.0875. The summed E-state index contributed by atoms with van der Waals surface area (Å²) in [6.07, 6.45) is 88.2. The number of unbranched alkanes of at least 4 members (excludes halogenated alkanes) is 40. The van der Waals surface area contributed by atoms with Gasteiger partial charge in [0.1, 0.15) is 13.2 Å². The first-order valence-corrected chi connectivity index (χ1v) is 34.4. The molecule has 0 rings (SSSR count). The van der Waals surface area contributed by atoms with Crippen LogP contribution in [0.2, 0.25) is 0 Å². The maximum atomic E-state index is 12.9. The molecule has 0 bridgehead atoms. The second kappa shape index (κ2) is 67.4. The number of esters is 3. The van der Waals surface area contributed by atoms with Gasteiger partial charge in [-0.2, -0.15) is 0 Å². The lowest BCUT2D eigenvalue weighted by Gasteiger charge is -2.18. The molecule has 0 aliphatic rings. The molecule has 0 saturated carbocycles. The molecular formula is C73H130O6. The zero-order valence-corrected chi connectivity index (χ0v) is 52.6. The first kappa shape index (κ1) is 75.8. The van der Waals surface area contributed by atoms with E-state index < -0.39 is 6.10 Å². The third kappa shape index (κ3) is 65.5. The van der Waals surface area contributed by atoms with Crippen molar-refractivity contribution in [1.29, 1.82) is 0 Å². The first-order valence-electron chi connectivity index (χ1n) is 34.4. The monoisotopic (exact) mass is 1100 g/mol. The summed E-state index contributed by atoms with van der Waals surface area (Å²) in [6, 6.07) is 0. The Bertz CT molecular complexity index is 1450. The van der Waals surface area contributed by atoms with Gasteiger partial charge in [0, 0.05) is 19.3 Å². The van der Waals surface area contributed by atoms with Gasteiger partial charge < -0.3 is 14.2 Å². The fourth-order valence-electron chi connectivity index (χ4n) is 10.1. The fourth-order valence-corrected chi connectivity index (χ4v) is 10.1. The zero-order chi connectivity index (χ0) is 57.1. The molecule has 0 aromatic rings. The highest BCUT2D eigenvalue weighted by atomic mass is 16.6. The van der Waals surface area contributed by atoms with Gasteiger partial charge in [-0.15, -0.1) is 0 Å². The molecule has 0 saturated heterocycles. The number of ether oxygens (including phenoxy) is 3. The van der Waals surface area contributed by atoms with Crippen LogP contribution in [-0.2, 0) is 28.6 Å². The summed E-state index contributed by atoms with van der Waals surface area (Å²) in [5.41, 5.74) is 0. The molecule has 0 heterocycles. The van der Waals surface area contributed by atoms with E-state index in [0.29, 0.717) is 19.3 Å². The predicted octanol–water partition coefficient (Wildman–Crippen LogP) is 23.7. The predicted molar refractivity (Wildman–Crippen MR) is 344 cm³/mol. The molecule has 6 heteroatoms. The summed E-state index contributed by atoms with van der Waals surface area (Å²) in [6.45, 7) is 6.51. The van der Waals surface area contributed by atoms with E-state index in [2.05, 4.69) is 93.7 Å². The maximum Gasteiger partial charge on any atom is 0.306 e. The minimum Gasteiger partial charge on any atom is -0.462 e. The van der Waals surface area contributed by atoms with Crippen molar-refractivity contribution in [2.75, 3.05) is 13.2 Å². The van der Waals surface area contributed by atoms with Crippen molar-refractivity contribution in [2.45, 2.75) is 361 Å². The Kier molecular flexibility index (Phi) is 64.7. The molecule has 0 fully saturated rings. The van der Waals surface area contributed by atoms with E-state index in [-0.39, 0.29) is 37.5 Å². The number of rotatable bonds is 63. The van der Waals surface area contributed by atoms with Crippen LogP contribution in [0.5, 0.6) is 0 Å². The standard InChI is InChI=1S/C73H130O6/c1-4-7-10-13-16-19-22-24-26-27-28-29-30-31-32-33-34-35-36-37-38-39-40-41-42-43-44-45-47-48-51-54-57-60-63-66-72(75)78-69-70(68-77-71(74)65-62-59-56-53-50-21-18-15-12-9-6-3)79-73(76)67-64-61-58-55-52-49-46-25-23-20-17-14-11-8-5-2/h8,11,17,20,22,24-25,27-28,46,52,55,70H,4-7,9-10,12-16,18-19,21,23,26,29-45,47-51,53-54,56-69H2,1-3H3/b11-8-,20-17-,24-22-,28-27-,46-25-,55-52-. The molecule has 79 heavy (non-hydrogen) atoms. The van der Waals surface area contributed by atoms with Crippen LogP contribution in [0.1, 0.15) is 355 Å². The lowest BCUT2D eigenvalue weighted by atomic mass is 10.0. The third-order valence-electron chi connectivity index (χ3n) is 15.2. The average molecular weight is 1100 g/mol. The van der Waals surface area contributed by atoms with Crippen molar-refractivity contribution in [3.05, 3.63) is 72.9 Å².